The van der Waals surface area contributed by atoms with Gasteiger partial charge in [-0.1, -0.05) is 12.1 Å². The molecule has 0 fully saturated rings. The van der Waals surface area contributed by atoms with Crippen LogP contribution in [-0.2, 0) is 6.54 Å². The molecule has 2 rings (SSSR count). The monoisotopic (exact) mass is 292 g/mol. The summed E-state index contributed by atoms with van der Waals surface area (Å²) in [6, 6.07) is 5.83. The Morgan fingerprint density at radius 2 is 2.25 bits per heavy atom. The first-order valence-corrected chi connectivity index (χ1v) is 7.31. The molecule has 0 spiro atoms. The summed E-state index contributed by atoms with van der Waals surface area (Å²) in [5, 5.41) is 3.07. The Hall–Kier alpha value is -1.59. The van der Waals surface area contributed by atoms with Gasteiger partial charge in [-0.3, -0.25) is 4.79 Å². The second kappa shape index (κ2) is 6.72. The summed E-state index contributed by atoms with van der Waals surface area (Å²) in [7, 11) is 1.95. The first kappa shape index (κ1) is 14.8. The number of ketones is 1. The number of hydrogen-bond acceptors (Lipinski definition) is 4. The van der Waals surface area contributed by atoms with Crippen LogP contribution in [0.4, 0.5) is 4.39 Å². The van der Waals surface area contributed by atoms with Crippen LogP contribution in [0.1, 0.15) is 27.5 Å². The summed E-state index contributed by atoms with van der Waals surface area (Å²) in [5.74, 6) is -0.409. The van der Waals surface area contributed by atoms with Crippen molar-refractivity contribution in [2.45, 2.75) is 19.9 Å². The smallest absolute Gasteiger partial charge is 0.164 e. The molecule has 1 aromatic carbocycles. The average molecular weight is 292 g/mol. The molecule has 0 unspecified atom stereocenters. The molecule has 0 bridgehead atoms. The van der Waals surface area contributed by atoms with E-state index in [4.69, 9.17) is 0 Å². The van der Waals surface area contributed by atoms with Gasteiger partial charge in [0.25, 0.3) is 0 Å². The van der Waals surface area contributed by atoms with Crippen molar-refractivity contribution in [3.63, 3.8) is 0 Å². The molecule has 0 saturated carbocycles. The summed E-state index contributed by atoms with van der Waals surface area (Å²) in [6.07, 6.45) is 0.378. The Morgan fingerprint density at radius 1 is 1.45 bits per heavy atom. The Bertz CT molecular complexity index is 597. The van der Waals surface area contributed by atoms with E-state index in [1.807, 2.05) is 24.3 Å². The first-order valence-electron chi connectivity index (χ1n) is 6.43. The van der Waals surface area contributed by atoms with Gasteiger partial charge in [-0.05, 0) is 26.1 Å². The maximum atomic E-state index is 13.0. The molecule has 0 aliphatic heterocycles. The van der Waals surface area contributed by atoms with E-state index in [9.17, 15) is 9.18 Å². The van der Waals surface area contributed by atoms with Crippen molar-refractivity contribution in [2.75, 3.05) is 13.6 Å². The summed E-state index contributed by atoms with van der Waals surface area (Å²) < 4.78 is 13.0. The van der Waals surface area contributed by atoms with Gasteiger partial charge in [0.05, 0.1) is 10.7 Å². The largest absolute Gasteiger partial charge is 0.300 e. The summed E-state index contributed by atoms with van der Waals surface area (Å²) >= 11 is 1.62. The second-order valence-corrected chi connectivity index (χ2v) is 5.84. The minimum absolute atomic E-state index is 0.0363. The van der Waals surface area contributed by atoms with Crippen LogP contribution in [-0.4, -0.2) is 29.3 Å². The van der Waals surface area contributed by atoms with Gasteiger partial charge in [0, 0.05) is 30.5 Å². The van der Waals surface area contributed by atoms with E-state index in [1.165, 1.54) is 12.1 Å². The highest BCUT2D eigenvalue weighted by Gasteiger charge is 2.09. The molecular weight excluding hydrogens is 275 g/mol. The lowest BCUT2D eigenvalue weighted by atomic mass is 10.1. The number of aryl methyl sites for hydroxylation is 1. The van der Waals surface area contributed by atoms with Crippen LogP contribution in [0.15, 0.2) is 29.6 Å². The molecule has 0 radical (unpaired) electrons. The number of carbonyl (C=O) groups excluding carboxylic acids is 1. The molecule has 1 aromatic heterocycles. The van der Waals surface area contributed by atoms with Gasteiger partial charge in [-0.25, -0.2) is 9.37 Å². The van der Waals surface area contributed by atoms with Gasteiger partial charge in [0.15, 0.2) is 5.78 Å². The highest BCUT2D eigenvalue weighted by molar-refractivity contribution is 7.09. The van der Waals surface area contributed by atoms with E-state index < -0.39 is 0 Å². The van der Waals surface area contributed by atoms with Crippen LogP contribution in [0.2, 0.25) is 0 Å². The third-order valence-electron chi connectivity index (χ3n) is 2.97. The lowest BCUT2D eigenvalue weighted by Crippen LogP contribution is -2.21. The highest BCUT2D eigenvalue weighted by Crippen LogP contribution is 2.11. The van der Waals surface area contributed by atoms with Crippen molar-refractivity contribution in [3.8, 4) is 0 Å². The molecule has 0 aliphatic carbocycles. The molecule has 3 nitrogen and oxygen atoms in total. The third kappa shape index (κ3) is 4.21. The lowest BCUT2D eigenvalue weighted by Gasteiger charge is -2.14. The summed E-state index contributed by atoms with van der Waals surface area (Å²) in [4.78, 5) is 18.4. The number of rotatable bonds is 6. The molecule has 5 heteroatoms. The number of Topliss-reactive ketones (excluding diaryl/α,β-unsaturated/α-hetero) is 1. The van der Waals surface area contributed by atoms with Gasteiger partial charge < -0.3 is 4.90 Å². The van der Waals surface area contributed by atoms with Crippen molar-refractivity contribution in [2.24, 2.45) is 0 Å². The molecule has 106 valence electrons. The maximum Gasteiger partial charge on any atom is 0.164 e. The number of benzene rings is 1. The minimum Gasteiger partial charge on any atom is -0.300 e. The minimum atomic E-state index is -0.373. The fourth-order valence-corrected chi connectivity index (χ4v) is 2.54. The fraction of sp³-hybridized carbons (Fsp3) is 0.333. The van der Waals surface area contributed by atoms with Gasteiger partial charge in [-0.2, -0.15) is 0 Å². The molecule has 0 amide bonds. The van der Waals surface area contributed by atoms with E-state index in [0.717, 1.165) is 17.2 Å². The maximum absolute atomic E-state index is 13.0. The van der Waals surface area contributed by atoms with Crippen molar-refractivity contribution in [3.05, 3.63) is 51.7 Å². The quantitative estimate of drug-likeness (QED) is 0.766. The molecule has 2 aromatic rings. The van der Waals surface area contributed by atoms with Gasteiger partial charge in [-0.15, -0.1) is 11.3 Å². The molecule has 20 heavy (non-hydrogen) atoms. The number of thiazole rings is 1. The van der Waals surface area contributed by atoms with Gasteiger partial charge in [0.2, 0.25) is 0 Å². The zero-order valence-corrected chi connectivity index (χ0v) is 12.4. The third-order valence-corrected chi connectivity index (χ3v) is 3.79. The van der Waals surface area contributed by atoms with E-state index >= 15 is 0 Å². The lowest BCUT2D eigenvalue weighted by molar-refractivity contribution is 0.0967. The zero-order valence-electron chi connectivity index (χ0n) is 11.6. The van der Waals surface area contributed by atoms with Crippen LogP contribution >= 0.6 is 11.3 Å². The van der Waals surface area contributed by atoms with Gasteiger partial charge >= 0.3 is 0 Å². The predicted octanol–water partition coefficient (Wildman–Crippen LogP) is 3.30. The molecule has 0 atom stereocenters. The normalized spacial score (nSPS) is 11.0. The van der Waals surface area contributed by atoms with Crippen molar-refractivity contribution in [1.29, 1.82) is 0 Å². The van der Waals surface area contributed by atoms with E-state index in [0.29, 0.717) is 18.5 Å². The Kier molecular flexibility index (Phi) is 4.98. The van der Waals surface area contributed by atoms with Crippen molar-refractivity contribution in [1.82, 2.24) is 9.88 Å². The number of carbonyl (C=O) groups is 1. The van der Waals surface area contributed by atoms with E-state index in [2.05, 4.69) is 4.98 Å². The fourth-order valence-electron chi connectivity index (χ4n) is 1.94. The van der Waals surface area contributed by atoms with Gasteiger partial charge in [0.1, 0.15) is 5.82 Å². The van der Waals surface area contributed by atoms with E-state index in [-0.39, 0.29) is 11.6 Å². The van der Waals surface area contributed by atoms with Crippen LogP contribution in [0, 0.1) is 12.7 Å². The molecular formula is C15H17FN2OS. The average Bonchev–Trinajstić information content (AvgIpc) is 2.81. The first-order chi connectivity index (χ1) is 9.54. The molecule has 0 saturated heterocycles. The molecule has 1 heterocycles. The van der Waals surface area contributed by atoms with Crippen LogP contribution < -0.4 is 0 Å². The number of hydrogen-bond donors (Lipinski definition) is 0. The van der Waals surface area contributed by atoms with Crippen LogP contribution in [0.3, 0.4) is 0 Å². The van der Waals surface area contributed by atoms with Crippen LogP contribution in [0.25, 0.3) is 0 Å². The SMILES string of the molecule is Cc1nc(CN(C)CCC(=O)c2cccc(F)c2)cs1. The summed E-state index contributed by atoms with van der Waals surface area (Å²) in [6.45, 7) is 3.33. The number of aromatic nitrogens is 1. The predicted molar refractivity (Wildman–Crippen MR) is 78.5 cm³/mol. The summed E-state index contributed by atoms with van der Waals surface area (Å²) in [5.41, 5.74) is 1.45. The molecule has 0 N–H and O–H groups in total. The van der Waals surface area contributed by atoms with E-state index in [1.54, 1.807) is 23.5 Å². The zero-order chi connectivity index (χ0) is 14.5. The van der Waals surface area contributed by atoms with Crippen LogP contribution in [0.5, 0.6) is 0 Å². The number of nitrogens with zero attached hydrogens (tertiary/aromatic N) is 2. The second-order valence-electron chi connectivity index (χ2n) is 4.78. The van der Waals surface area contributed by atoms with Crippen molar-refractivity contribution >= 4 is 17.1 Å². The number of halogens is 1. The molecule has 0 aliphatic rings. The Labute approximate surface area is 122 Å². The Morgan fingerprint density at radius 3 is 2.90 bits per heavy atom. The topological polar surface area (TPSA) is 33.2 Å². The Balaban J connectivity index is 1.84. The highest BCUT2D eigenvalue weighted by atomic mass is 32.1. The van der Waals surface area contributed by atoms with Crippen molar-refractivity contribution < 1.29 is 9.18 Å². The standard InChI is InChI=1S/C15H17FN2OS/c1-11-17-14(10-20-11)9-18(2)7-6-15(19)12-4-3-5-13(16)8-12/h3-5,8,10H,6-7,9H2,1-2H3.